The van der Waals surface area contributed by atoms with E-state index in [1.807, 2.05) is 30.3 Å². The lowest BCUT2D eigenvalue weighted by atomic mass is 10.1. The number of nitrogens with one attached hydrogen (secondary N) is 1. The van der Waals surface area contributed by atoms with Crippen LogP contribution >= 0.6 is 18.9 Å². The molecular formula is C23H21N4O6PS. The van der Waals surface area contributed by atoms with Crippen molar-refractivity contribution in [3.8, 4) is 21.7 Å². The van der Waals surface area contributed by atoms with Gasteiger partial charge in [-0.15, -0.1) is 16.4 Å². The van der Waals surface area contributed by atoms with Gasteiger partial charge in [-0.1, -0.05) is 47.7 Å². The highest BCUT2D eigenvalue weighted by atomic mass is 32.1. The molecule has 0 aliphatic rings. The molecule has 4 aromatic rings. The molecule has 0 radical (unpaired) electrons. The number of rotatable bonds is 8. The van der Waals surface area contributed by atoms with Crippen molar-refractivity contribution in [1.82, 2.24) is 15.0 Å². The zero-order chi connectivity index (χ0) is 25.0. The van der Waals surface area contributed by atoms with E-state index in [1.165, 1.54) is 40.4 Å². The second-order valence-electron chi connectivity index (χ2n) is 7.38. The molecule has 35 heavy (non-hydrogen) atoms. The lowest BCUT2D eigenvalue weighted by molar-refractivity contribution is -0.116. The Kier molecular flexibility index (Phi) is 7.23. The molecule has 4 rings (SSSR count). The predicted octanol–water partition coefficient (Wildman–Crippen LogP) is 3.29. The fraction of sp³-hybridized carbons (Fsp3) is 0.130. The Bertz CT molecular complexity index is 1410. The Morgan fingerprint density at radius 2 is 1.83 bits per heavy atom. The summed E-state index contributed by atoms with van der Waals surface area (Å²) in [6.45, 7) is 1.72. The van der Waals surface area contributed by atoms with Gasteiger partial charge in [0.05, 0.1) is 23.7 Å². The molecule has 0 unspecified atom stereocenters. The number of thiophene rings is 1. The van der Waals surface area contributed by atoms with Crippen molar-refractivity contribution in [3.05, 3.63) is 72.4 Å². The molecule has 10 nitrogen and oxygen atoms in total. The van der Waals surface area contributed by atoms with E-state index in [0.717, 1.165) is 10.4 Å². The molecule has 0 aliphatic heterocycles. The largest absolute Gasteiger partial charge is 0.462 e. The minimum absolute atomic E-state index is 0.138. The normalized spacial score (nSPS) is 11.3. The number of anilines is 1. The van der Waals surface area contributed by atoms with E-state index in [-0.39, 0.29) is 24.0 Å². The molecule has 0 atom stereocenters. The lowest BCUT2D eigenvalue weighted by Gasteiger charge is -2.06. The summed E-state index contributed by atoms with van der Waals surface area (Å²) in [4.78, 5) is 44.8. The van der Waals surface area contributed by atoms with Gasteiger partial charge in [0.1, 0.15) is 17.2 Å². The van der Waals surface area contributed by atoms with Crippen molar-refractivity contribution < 1.29 is 28.7 Å². The Labute approximate surface area is 204 Å². The monoisotopic (exact) mass is 512 g/mol. The van der Waals surface area contributed by atoms with Crippen molar-refractivity contribution in [2.75, 3.05) is 11.9 Å². The molecule has 0 saturated heterocycles. The van der Waals surface area contributed by atoms with E-state index in [2.05, 4.69) is 15.6 Å². The van der Waals surface area contributed by atoms with Crippen LogP contribution in [0.3, 0.4) is 0 Å². The summed E-state index contributed by atoms with van der Waals surface area (Å²) in [7, 11) is -4.41. The molecule has 2 aromatic heterocycles. The number of ether oxygens (including phenoxy) is 1. The number of amides is 1. The number of hydrogen-bond donors (Lipinski definition) is 3. The first-order chi connectivity index (χ1) is 16.7. The highest BCUT2D eigenvalue weighted by Gasteiger charge is 2.21. The molecule has 0 bridgehead atoms. The minimum atomic E-state index is -4.41. The molecule has 0 saturated carbocycles. The second kappa shape index (κ2) is 10.3. The maximum Gasteiger partial charge on any atom is 0.356 e. The van der Waals surface area contributed by atoms with Crippen LogP contribution in [0.5, 0.6) is 0 Å². The molecule has 0 spiro atoms. The van der Waals surface area contributed by atoms with Gasteiger partial charge in [0.25, 0.3) is 0 Å². The van der Waals surface area contributed by atoms with Gasteiger partial charge in [-0.3, -0.25) is 9.36 Å². The van der Waals surface area contributed by atoms with Crippen LogP contribution in [-0.4, -0.2) is 43.3 Å². The first-order valence-corrected chi connectivity index (χ1v) is 12.9. The van der Waals surface area contributed by atoms with Crippen LogP contribution < -0.4 is 10.6 Å². The van der Waals surface area contributed by atoms with Gasteiger partial charge in [0.15, 0.2) is 0 Å². The summed E-state index contributed by atoms with van der Waals surface area (Å²) in [5.41, 5.74) is 1.97. The van der Waals surface area contributed by atoms with Gasteiger partial charge in [-0.05, 0) is 30.7 Å². The number of hydrogen-bond acceptors (Lipinski definition) is 7. The smallest absolute Gasteiger partial charge is 0.356 e. The third-order valence-electron chi connectivity index (χ3n) is 4.86. The fourth-order valence-corrected chi connectivity index (χ4v) is 4.91. The maximum absolute atomic E-state index is 12.7. The third-order valence-corrected chi connectivity index (χ3v) is 6.91. The van der Waals surface area contributed by atoms with E-state index in [4.69, 9.17) is 4.74 Å². The summed E-state index contributed by atoms with van der Waals surface area (Å²) in [6, 6.07) is 17.0. The molecule has 0 fully saturated rings. The first kappa shape index (κ1) is 24.5. The SMILES string of the molecule is CCOC(=O)c1cc(-c2ccccc2)sc1NC(=O)Cn1cc(-c2cccc(P(=O)(O)O)c2)nn1. The number of esters is 1. The molecule has 1 amide bonds. The Morgan fingerprint density at radius 3 is 2.54 bits per heavy atom. The summed E-state index contributed by atoms with van der Waals surface area (Å²) in [6.07, 6.45) is 1.49. The standard InChI is InChI=1S/C23H21N4O6PS/c1-2-33-23(29)18-12-20(15-7-4-3-5-8-15)35-22(18)24-21(28)14-27-13-19(25-26-27)16-9-6-10-17(11-16)34(30,31)32/h3-13H,2,14H2,1H3,(H,24,28)(H2,30,31,32). The minimum Gasteiger partial charge on any atom is -0.462 e. The zero-order valence-electron chi connectivity index (χ0n) is 18.5. The van der Waals surface area contributed by atoms with Gasteiger partial charge in [-0.25, -0.2) is 9.48 Å². The molecule has 0 aliphatic carbocycles. The van der Waals surface area contributed by atoms with Gasteiger partial charge in [0.2, 0.25) is 5.91 Å². The summed E-state index contributed by atoms with van der Waals surface area (Å²) in [5.74, 6) is -0.966. The summed E-state index contributed by atoms with van der Waals surface area (Å²) < 4.78 is 18.0. The van der Waals surface area contributed by atoms with Crippen LogP contribution in [0.4, 0.5) is 5.00 Å². The molecular weight excluding hydrogens is 491 g/mol. The van der Waals surface area contributed by atoms with Gasteiger partial charge in [0, 0.05) is 10.4 Å². The Balaban J connectivity index is 1.52. The third kappa shape index (κ3) is 5.90. The summed E-state index contributed by atoms with van der Waals surface area (Å²) in [5, 5.41) is 10.9. The van der Waals surface area contributed by atoms with Crippen LogP contribution in [0.1, 0.15) is 17.3 Å². The van der Waals surface area contributed by atoms with E-state index in [9.17, 15) is 23.9 Å². The van der Waals surface area contributed by atoms with Gasteiger partial charge >= 0.3 is 13.6 Å². The van der Waals surface area contributed by atoms with E-state index < -0.39 is 19.5 Å². The number of benzene rings is 2. The van der Waals surface area contributed by atoms with Crippen LogP contribution in [0.25, 0.3) is 21.7 Å². The van der Waals surface area contributed by atoms with Crippen molar-refractivity contribution in [2.24, 2.45) is 0 Å². The second-order valence-corrected chi connectivity index (χ2v) is 10.0. The maximum atomic E-state index is 12.7. The highest BCUT2D eigenvalue weighted by Crippen LogP contribution is 2.36. The van der Waals surface area contributed by atoms with Crippen molar-refractivity contribution in [3.63, 3.8) is 0 Å². The van der Waals surface area contributed by atoms with Crippen molar-refractivity contribution in [2.45, 2.75) is 13.5 Å². The quantitative estimate of drug-likeness (QED) is 0.241. The zero-order valence-corrected chi connectivity index (χ0v) is 20.2. The predicted molar refractivity (Wildman–Crippen MR) is 131 cm³/mol. The Hall–Kier alpha value is -3.63. The van der Waals surface area contributed by atoms with Gasteiger partial charge < -0.3 is 19.8 Å². The van der Waals surface area contributed by atoms with Crippen LogP contribution in [0.15, 0.2) is 66.9 Å². The highest BCUT2D eigenvalue weighted by molar-refractivity contribution is 7.60. The van der Waals surface area contributed by atoms with Gasteiger partial charge in [-0.2, -0.15) is 0 Å². The number of carbonyl (C=O) groups excluding carboxylic acids is 2. The van der Waals surface area contributed by atoms with Crippen molar-refractivity contribution in [1.29, 1.82) is 0 Å². The molecule has 12 heteroatoms. The molecule has 2 heterocycles. The molecule has 2 aromatic carbocycles. The number of carbonyl (C=O) groups is 2. The number of nitrogens with zero attached hydrogens (tertiary/aromatic N) is 3. The van der Waals surface area contributed by atoms with E-state index >= 15 is 0 Å². The first-order valence-electron chi connectivity index (χ1n) is 10.5. The summed E-state index contributed by atoms with van der Waals surface area (Å²) >= 11 is 1.26. The van der Waals surface area contributed by atoms with Crippen LogP contribution in [-0.2, 0) is 20.6 Å². The van der Waals surface area contributed by atoms with E-state index in [0.29, 0.717) is 16.3 Å². The molecule has 180 valence electrons. The Morgan fingerprint density at radius 1 is 1.09 bits per heavy atom. The molecule has 3 N–H and O–H groups in total. The van der Waals surface area contributed by atoms with Crippen LogP contribution in [0, 0.1) is 0 Å². The average Bonchev–Trinajstić information content (AvgIpc) is 3.47. The lowest BCUT2D eigenvalue weighted by Crippen LogP contribution is -2.20. The van der Waals surface area contributed by atoms with E-state index in [1.54, 1.807) is 19.1 Å². The van der Waals surface area contributed by atoms with Crippen LogP contribution in [0.2, 0.25) is 0 Å². The topological polar surface area (TPSA) is 144 Å². The number of aromatic nitrogens is 3. The van der Waals surface area contributed by atoms with Crippen molar-refractivity contribution >= 4 is 41.1 Å². The average molecular weight is 512 g/mol. The fourth-order valence-electron chi connectivity index (χ4n) is 3.26.